The van der Waals surface area contributed by atoms with Gasteiger partial charge < -0.3 is 5.73 Å². The van der Waals surface area contributed by atoms with E-state index in [0.717, 1.165) is 6.42 Å². The zero-order chi connectivity index (χ0) is 12.6. The van der Waals surface area contributed by atoms with Gasteiger partial charge >= 0.3 is 0 Å². The molecule has 3 heteroatoms. The monoisotopic (exact) mass is 223 g/mol. The summed E-state index contributed by atoms with van der Waals surface area (Å²) in [6, 6.07) is 0. The SMILES string of the molecule is Cn1cc(C(C)(C)CCN)c(C(C)(C)C)n1. The second-order valence-electron chi connectivity index (χ2n) is 6.24. The van der Waals surface area contributed by atoms with Gasteiger partial charge in [-0.3, -0.25) is 4.68 Å². The van der Waals surface area contributed by atoms with E-state index in [2.05, 4.69) is 45.9 Å². The number of nitrogens with two attached hydrogens (primary N) is 1. The molecule has 0 aromatic carbocycles. The summed E-state index contributed by atoms with van der Waals surface area (Å²) in [6.45, 7) is 11.8. The Labute approximate surface area is 99.0 Å². The first kappa shape index (κ1) is 13.2. The first-order valence-corrected chi connectivity index (χ1v) is 5.93. The van der Waals surface area contributed by atoms with E-state index >= 15 is 0 Å². The van der Waals surface area contributed by atoms with Crippen molar-refractivity contribution in [3.8, 4) is 0 Å². The highest BCUT2D eigenvalue weighted by Crippen LogP contribution is 2.34. The Hall–Kier alpha value is -0.830. The van der Waals surface area contributed by atoms with Gasteiger partial charge in [0.1, 0.15) is 0 Å². The quantitative estimate of drug-likeness (QED) is 0.854. The molecule has 1 aromatic rings. The fourth-order valence-corrected chi connectivity index (χ4v) is 2.03. The van der Waals surface area contributed by atoms with Crippen LogP contribution in [-0.2, 0) is 17.9 Å². The molecule has 2 N–H and O–H groups in total. The van der Waals surface area contributed by atoms with Crippen LogP contribution in [0.15, 0.2) is 6.20 Å². The van der Waals surface area contributed by atoms with Crippen molar-refractivity contribution in [2.45, 2.75) is 51.9 Å². The van der Waals surface area contributed by atoms with Crippen LogP contribution in [0.3, 0.4) is 0 Å². The van der Waals surface area contributed by atoms with Crippen LogP contribution in [0.2, 0.25) is 0 Å². The second-order valence-corrected chi connectivity index (χ2v) is 6.24. The number of aryl methyl sites for hydroxylation is 1. The summed E-state index contributed by atoms with van der Waals surface area (Å²) < 4.78 is 1.91. The number of hydrogen-bond donors (Lipinski definition) is 1. The third-order valence-corrected chi connectivity index (χ3v) is 3.04. The Kier molecular flexibility index (Phi) is 3.48. The van der Waals surface area contributed by atoms with Gasteiger partial charge in [-0.1, -0.05) is 34.6 Å². The molecule has 1 rings (SSSR count). The van der Waals surface area contributed by atoms with E-state index in [4.69, 9.17) is 5.73 Å². The summed E-state index contributed by atoms with van der Waals surface area (Å²) in [5.41, 5.74) is 8.39. The van der Waals surface area contributed by atoms with E-state index in [0.29, 0.717) is 6.54 Å². The van der Waals surface area contributed by atoms with Gasteiger partial charge in [0.2, 0.25) is 0 Å². The van der Waals surface area contributed by atoms with Gasteiger partial charge in [-0.2, -0.15) is 5.10 Å². The Morgan fingerprint density at radius 3 is 2.25 bits per heavy atom. The standard InChI is InChI=1S/C13H25N3/c1-12(2,3)11-10(9-16(6)15-11)13(4,5)7-8-14/h9H,7-8,14H2,1-6H3. The van der Waals surface area contributed by atoms with Crippen molar-refractivity contribution in [1.29, 1.82) is 0 Å². The highest BCUT2D eigenvalue weighted by atomic mass is 15.3. The zero-order valence-electron chi connectivity index (χ0n) is 11.5. The lowest BCUT2D eigenvalue weighted by atomic mass is 9.76. The number of nitrogens with zero attached hydrogens (tertiary/aromatic N) is 2. The molecular formula is C13H25N3. The van der Waals surface area contributed by atoms with Crippen LogP contribution in [0, 0.1) is 0 Å². The van der Waals surface area contributed by atoms with Gasteiger partial charge in [0.15, 0.2) is 0 Å². The predicted molar refractivity (Wildman–Crippen MR) is 68.6 cm³/mol. The van der Waals surface area contributed by atoms with Crippen LogP contribution >= 0.6 is 0 Å². The van der Waals surface area contributed by atoms with E-state index in [1.54, 1.807) is 0 Å². The van der Waals surface area contributed by atoms with Gasteiger partial charge in [-0.25, -0.2) is 0 Å². The molecule has 0 aliphatic carbocycles. The maximum atomic E-state index is 5.69. The Balaban J connectivity index is 3.23. The zero-order valence-corrected chi connectivity index (χ0v) is 11.5. The van der Waals surface area contributed by atoms with Crippen LogP contribution in [0.25, 0.3) is 0 Å². The highest BCUT2D eigenvalue weighted by molar-refractivity contribution is 5.31. The molecule has 16 heavy (non-hydrogen) atoms. The van der Waals surface area contributed by atoms with E-state index in [1.165, 1.54) is 11.3 Å². The normalized spacial score (nSPS) is 13.2. The van der Waals surface area contributed by atoms with Crippen molar-refractivity contribution < 1.29 is 0 Å². The molecule has 0 saturated carbocycles. The Morgan fingerprint density at radius 1 is 1.25 bits per heavy atom. The number of rotatable bonds is 3. The summed E-state index contributed by atoms with van der Waals surface area (Å²) in [5, 5.41) is 4.61. The molecular weight excluding hydrogens is 198 g/mol. The first-order valence-electron chi connectivity index (χ1n) is 5.93. The van der Waals surface area contributed by atoms with Crippen LogP contribution in [0.4, 0.5) is 0 Å². The minimum absolute atomic E-state index is 0.0858. The van der Waals surface area contributed by atoms with Gasteiger partial charge in [0.05, 0.1) is 5.69 Å². The van der Waals surface area contributed by atoms with Crippen molar-refractivity contribution in [2.75, 3.05) is 6.54 Å². The highest BCUT2D eigenvalue weighted by Gasteiger charge is 2.30. The lowest BCUT2D eigenvalue weighted by Crippen LogP contribution is -2.26. The fraction of sp³-hybridized carbons (Fsp3) is 0.769. The Bertz CT molecular complexity index is 356. The van der Waals surface area contributed by atoms with Crippen molar-refractivity contribution >= 4 is 0 Å². The molecule has 0 amide bonds. The summed E-state index contributed by atoms with van der Waals surface area (Å²) in [6.07, 6.45) is 3.12. The molecule has 0 fully saturated rings. The lowest BCUT2D eigenvalue weighted by Gasteiger charge is -2.28. The molecule has 1 aromatic heterocycles. The van der Waals surface area contributed by atoms with E-state index < -0.39 is 0 Å². The average Bonchev–Trinajstić information content (AvgIpc) is 2.46. The maximum absolute atomic E-state index is 5.69. The van der Waals surface area contributed by atoms with Crippen molar-refractivity contribution in [3.05, 3.63) is 17.5 Å². The van der Waals surface area contributed by atoms with Crippen molar-refractivity contribution in [3.63, 3.8) is 0 Å². The minimum atomic E-state index is 0.0858. The molecule has 92 valence electrons. The predicted octanol–water partition coefficient (Wildman–Crippen LogP) is 2.34. The lowest BCUT2D eigenvalue weighted by molar-refractivity contribution is 0.463. The molecule has 1 heterocycles. The maximum Gasteiger partial charge on any atom is 0.0715 e. The third-order valence-electron chi connectivity index (χ3n) is 3.04. The topological polar surface area (TPSA) is 43.8 Å². The molecule has 0 bridgehead atoms. The van der Waals surface area contributed by atoms with Crippen LogP contribution in [0.5, 0.6) is 0 Å². The smallest absolute Gasteiger partial charge is 0.0715 e. The van der Waals surface area contributed by atoms with Gasteiger partial charge in [0, 0.05) is 18.7 Å². The average molecular weight is 223 g/mol. The van der Waals surface area contributed by atoms with Crippen molar-refractivity contribution in [1.82, 2.24) is 9.78 Å². The third kappa shape index (κ3) is 2.64. The van der Waals surface area contributed by atoms with E-state index in [1.807, 2.05) is 11.7 Å². The summed E-state index contributed by atoms with van der Waals surface area (Å²) >= 11 is 0. The summed E-state index contributed by atoms with van der Waals surface area (Å²) in [5.74, 6) is 0. The van der Waals surface area contributed by atoms with Gasteiger partial charge in [-0.15, -0.1) is 0 Å². The molecule has 0 unspecified atom stereocenters. The van der Waals surface area contributed by atoms with E-state index in [9.17, 15) is 0 Å². The van der Waals surface area contributed by atoms with E-state index in [-0.39, 0.29) is 10.8 Å². The number of aromatic nitrogens is 2. The number of hydrogen-bond acceptors (Lipinski definition) is 2. The Morgan fingerprint density at radius 2 is 1.81 bits per heavy atom. The van der Waals surface area contributed by atoms with Crippen LogP contribution in [0.1, 0.15) is 52.3 Å². The molecule has 0 radical (unpaired) electrons. The summed E-state index contributed by atoms with van der Waals surface area (Å²) in [7, 11) is 1.98. The van der Waals surface area contributed by atoms with Crippen LogP contribution in [-0.4, -0.2) is 16.3 Å². The second kappa shape index (κ2) is 4.21. The van der Waals surface area contributed by atoms with Gasteiger partial charge in [0.25, 0.3) is 0 Å². The van der Waals surface area contributed by atoms with Crippen molar-refractivity contribution in [2.24, 2.45) is 12.8 Å². The molecule has 0 spiro atoms. The molecule has 3 nitrogen and oxygen atoms in total. The molecule has 0 atom stereocenters. The molecule has 0 aliphatic heterocycles. The summed E-state index contributed by atoms with van der Waals surface area (Å²) in [4.78, 5) is 0. The molecule has 0 aliphatic rings. The fourth-order valence-electron chi connectivity index (χ4n) is 2.03. The largest absolute Gasteiger partial charge is 0.330 e. The molecule has 0 saturated heterocycles. The minimum Gasteiger partial charge on any atom is -0.330 e. The van der Waals surface area contributed by atoms with Gasteiger partial charge in [-0.05, 0) is 23.9 Å². The first-order chi connectivity index (χ1) is 7.18. The van der Waals surface area contributed by atoms with Crippen LogP contribution < -0.4 is 5.73 Å².